The van der Waals surface area contributed by atoms with Crippen molar-refractivity contribution >= 4 is 12.0 Å². The Bertz CT molecular complexity index is 279. The van der Waals surface area contributed by atoms with Crippen molar-refractivity contribution in [3.63, 3.8) is 0 Å². The summed E-state index contributed by atoms with van der Waals surface area (Å²) < 4.78 is 0. The van der Waals surface area contributed by atoms with E-state index < -0.39 is 5.97 Å². The predicted molar refractivity (Wildman–Crippen MR) is 58.1 cm³/mol. The zero-order chi connectivity index (χ0) is 11.5. The smallest absolute Gasteiger partial charge is 0.319 e. The molecule has 2 saturated heterocycles. The van der Waals surface area contributed by atoms with Crippen LogP contribution in [0.4, 0.5) is 4.79 Å². The van der Waals surface area contributed by atoms with Crippen LogP contribution in [0.25, 0.3) is 0 Å². The highest BCUT2D eigenvalue weighted by molar-refractivity contribution is 5.75. The molecule has 0 bridgehead atoms. The summed E-state index contributed by atoms with van der Waals surface area (Å²) in [5.74, 6) is -0.990. The Morgan fingerprint density at radius 1 is 0.938 bits per heavy atom. The number of carbonyl (C=O) groups excluding carboxylic acids is 1. The van der Waals surface area contributed by atoms with Crippen LogP contribution in [0.1, 0.15) is 25.7 Å². The monoisotopic (exact) mass is 226 g/mol. The molecule has 0 unspecified atom stereocenters. The van der Waals surface area contributed by atoms with Crippen molar-refractivity contribution in [2.24, 2.45) is 5.92 Å². The number of aliphatic carboxylic acids is 1. The van der Waals surface area contributed by atoms with Crippen LogP contribution in [-0.2, 0) is 4.79 Å². The molecule has 0 radical (unpaired) electrons. The Morgan fingerprint density at radius 2 is 1.44 bits per heavy atom. The molecule has 16 heavy (non-hydrogen) atoms. The number of rotatable bonds is 1. The summed E-state index contributed by atoms with van der Waals surface area (Å²) in [6, 6.07) is 0.0985. The normalized spacial score (nSPS) is 22.5. The Morgan fingerprint density at radius 3 is 1.94 bits per heavy atom. The van der Waals surface area contributed by atoms with Gasteiger partial charge in [0, 0.05) is 26.2 Å². The molecule has 5 heteroatoms. The van der Waals surface area contributed by atoms with Gasteiger partial charge in [0.15, 0.2) is 0 Å². The summed E-state index contributed by atoms with van der Waals surface area (Å²) in [7, 11) is 0. The first-order valence-electron chi connectivity index (χ1n) is 5.95. The number of carboxylic acids is 1. The lowest BCUT2D eigenvalue weighted by molar-refractivity contribution is -0.143. The van der Waals surface area contributed by atoms with E-state index in [1.807, 2.05) is 4.90 Å². The average molecular weight is 226 g/mol. The van der Waals surface area contributed by atoms with Gasteiger partial charge in [0.25, 0.3) is 0 Å². The minimum absolute atomic E-state index is 0.0985. The van der Waals surface area contributed by atoms with Crippen LogP contribution in [0.15, 0.2) is 0 Å². The van der Waals surface area contributed by atoms with Gasteiger partial charge in [0.2, 0.25) is 0 Å². The molecule has 2 aliphatic rings. The number of amides is 2. The largest absolute Gasteiger partial charge is 0.481 e. The van der Waals surface area contributed by atoms with Gasteiger partial charge in [-0.25, -0.2) is 4.79 Å². The molecule has 90 valence electrons. The third-order valence-corrected chi connectivity index (χ3v) is 3.49. The second-order valence-electron chi connectivity index (χ2n) is 4.58. The summed E-state index contributed by atoms with van der Waals surface area (Å²) in [6.45, 7) is 2.90. The van der Waals surface area contributed by atoms with Crippen LogP contribution >= 0.6 is 0 Å². The lowest BCUT2D eigenvalue weighted by Crippen LogP contribution is -2.46. The Labute approximate surface area is 95.0 Å². The zero-order valence-electron chi connectivity index (χ0n) is 9.39. The third kappa shape index (κ3) is 2.28. The standard InChI is InChI=1S/C11H18N2O3/c14-10(15)9-3-7-13(8-4-9)11(16)12-5-1-2-6-12/h9H,1-8H2,(H,14,15). The first-order chi connectivity index (χ1) is 7.68. The van der Waals surface area contributed by atoms with E-state index >= 15 is 0 Å². The van der Waals surface area contributed by atoms with Crippen molar-refractivity contribution in [1.82, 2.24) is 9.80 Å². The summed E-state index contributed by atoms with van der Waals surface area (Å²) >= 11 is 0. The molecule has 0 aromatic carbocycles. The number of carbonyl (C=O) groups is 2. The van der Waals surface area contributed by atoms with Gasteiger partial charge in [-0.2, -0.15) is 0 Å². The third-order valence-electron chi connectivity index (χ3n) is 3.49. The van der Waals surface area contributed by atoms with Gasteiger partial charge in [-0.1, -0.05) is 0 Å². The van der Waals surface area contributed by atoms with Crippen molar-refractivity contribution < 1.29 is 14.7 Å². The highest BCUT2D eigenvalue weighted by Gasteiger charge is 2.30. The second-order valence-corrected chi connectivity index (χ2v) is 4.58. The maximum Gasteiger partial charge on any atom is 0.319 e. The molecule has 2 aliphatic heterocycles. The van der Waals surface area contributed by atoms with Crippen molar-refractivity contribution in [2.75, 3.05) is 26.2 Å². The molecule has 0 saturated carbocycles. The number of hydrogen-bond acceptors (Lipinski definition) is 2. The first kappa shape index (κ1) is 11.2. The molecule has 5 nitrogen and oxygen atoms in total. The van der Waals surface area contributed by atoms with E-state index in [4.69, 9.17) is 5.11 Å². The Kier molecular flexibility index (Phi) is 3.31. The van der Waals surface area contributed by atoms with Gasteiger partial charge >= 0.3 is 12.0 Å². The summed E-state index contributed by atoms with van der Waals surface area (Å²) in [4.78, 5) is 26.4. The van der Waals surface area contributed by atoms with Crippen LogP contribution in [0.3, 0.4) is 0 Å². The topological polar surface area (TPSA) is 60.9 Å². The van der Waals surface area contributed by atoms with E-state index in [1.165, 1.54) is 0 Å². The molecule has 0 atom stereocenters. The first-order valence-corrected chi connectivity index (χ1v) is 5.95. The van der Waals surface area contributed by atoms with Crippen LogP contribution in [0, 0.1) is 5.92 Å². The minimum Gasteiger partial charge on any atom is -0.481 e. The SMILES string of the molecule is O=C(O)C1CCN(C(=O)N2CCCC2)CC1. The number of carboxylic acid groups (broad SMARTS) is 1. The quantitative estimate of drug-likeness (QED) is 0.725. The fraction of sp³-hybridized carbons (Fsp3) is 0.818. The predicted octanol–water partition coefficient (Wildman–Crippen LogP) is 0.999. The van der Waals surface area contributed by atoms with Gasteiger partial charge in [0.1, 0.15) is 0 Å². The van der Waals surface area contributed by atoms with Crippen molar-refractivity contribution in [1.29, 1.82) is 0 Å². The highest BCUT2D eigenvalue weighted by atomic mass is 16.4. The average Bonchev–Trinajstić information content (AvgIpc) is 2.81. The molecule has 2 rings (SSSR count). The van der Waals surface area contributed by atoms with Crippen LogP contribution in [0.5, 0.6) is 0 Å². The molecule has 0 aliphatic carbocycles. The summed E-state index contributed by atoms with van der Waals surface area (Å²) in [6.07, 6.45) is 3.37. The Hall–Kier alpha value is -1.26. The van der Waals surface area contributed by atoms with Crippen LogP contribution in [-0.4, -0.2) is 53.1 Å². The van der Waals surface area contributed by atoms with E-state index in [-0.39, 0.29) is 11.9 Å². The minimum atomic E-state index is -0.728. The lowest BCUT2D eigenvalue weighted by atomic mass is 9.97. The molecule has 2 fully saturated rings. The van der Waals surface area contributed by atoms with E-state index in [1.54, 1.807) is 4.90 Å². The van der Waals surface area contributed by atoms with E-state index in [0.29, 0.717) is 25.9 Å². The molecular formula is C11H18N2O3. The van der Waals surface area contributed by atoms with E-state index in [0.717, 1.165) is 25.9 Å². The lowest BCUT2D eigenvalue weighted by Gasteiger charge is -2.33. The number of urea groups is 1. The van der Waals surface area contributed by atoms with Gasteiger partial charge < -0.3 is 14.9 Å². The number of piperidine rings is 1. The summed E-state index contributed by atoms with van der Waals surface area (Å²) in [5, 5.41) is 8.86. The molecule has 2 amide bonds. The zero-order valence-corrected chi connectivity index (χ0v) is 9.39. The fourth-order valence-corrected chi connectivity index (χ4v) is 2.43. The van der Waals surface area contributed by atoms with Crippen LogP contribution in [0.2, 0.25) is 0 Å². The van der Waals surface area contributed by atoms with E-state index in [9.17, 15) is 9.59 Å². The van der Waals surface area contributed by atoms with Crippen molar-refractivity contribution in [3.05, 3.63) is 0 Å². The summed E-state index contributed by atoms with van der Waals surface area (Å²) in [5.41, 5.74) is 0. The highest BCUT2D eigenvalue weighted by Crippen LogP contribution is 2.19. The van der Waals surface area contributed by atoms with Crippen molar-refractivity contribution in [2.45, 2.75) is 25.7 Å². The fourth-order valence-electron chi connectivity index (χ4n) is 2.43. The maximum atomic E-state index is 12.0. The number of likely N-dealkylation sites (tertiary alicyclic amines) is 2. The number of nitrogens with zero attached hydrogens (tertiary/aromatic N) is 2. The van der Waals surface area contributed by atoms with Gasteiger partial charge in [0.05, 0.1) is 5.92 Å². The number of hydrogen-bond donors (Lipinski definition) is 1. The maximum absolute atomic E-state index is 12.0. The molecule has 0 spiro atoms. The molecule has 2 heterocycles. The molecule has 0 aromatic rings. The molecule has 0 aromatic heterocycles. The van der Waals surface area contributed by atoms with Gasteiger partial charge in [-0.3, -0.25) is 4.79 Å². The van der Waals surface area contributed by atoms with Crippen LogP contribution < -0.4 is 0 Å². The van der Waals surface area contributed by atoms with Gasteiger partial charge in [-0.05, 0) is 25.7 Å². The molecular weight excluding hydrogens is 208 g/mol. The molecule has 1 N–H and O–H groups in total. The Balaban J connectivity index is 1.84. The second kappa shape index (κ2) is 4.72. The van der Waals surface area contributed by atoms with Gasteiger partial charge in [-0.15, -0.1) is 0 Å². The van der Waals surface area contributed by atoms with Crippen molar-refractivity contribution in [3.8, 4) is 0 Å². The van der Waals surface area contributed by atoms with E-state index in [2.05, 4.69) is 0 Å².